The summed E-state index contributed by atoms with van der Waals surface area (Å²) in [7, 11) is 1.22. The summed E-state index contributed by atoms with van der Waals surface area (Å²) >= 11 is 0. The summed E-state index contributed by atoms with van der Waals surface area (Å²) in [6.07, 6.45) is -3.19. The largest absolute Gasteiger partial charge is 0.463 e. The number of ether oxygens (including phenoxy) is 4. The van der Waals surface area contributed by atoms with Gasteiger partial charge < -0.3 is 40.2 Å². The van der Waals surface area contributed by atoms with Crippen molar-refractivity contribution < 1.29 is 38.7 Å². The molecule has 3 heterocycles. The van der Waals surface area contributed by atoms with Crippen LogP contribution in [0.4, 0.5) is 5.82 Å². The van der Waals surface area contributed by atoms with Crippen LogP contribution in [-0.4, -0.2) is 69.7 Å². The van der Waals surface area contributed by atoms with Crippen LogP contribution in [0.15, 0.2) is 11.3 Å². The fourth-order valence-electron chi connectivity index (χ4n) is 3.04. The van der Waals surface area contributed by atoms with E-state index in [4.69, 9.17) is 24.7 Å². The molecule has 0 bridgehead atoms. The molecule has 1 aromatic heterocycles. The Morgan fingerprint density at radius 2 is 2.14 bits per heavy atom. The Kier molecular flexibility index (Phi) is 5.25. The minimum absolute atomic E-state index is 0.00697. The number of nitrogens with one attached hydrogen (secondary N) is 1. The van der Waals surface area contributed by atoms with Crippen LogP contribution >= 0.6 is 0 Å². The molecule has 0 saturated carbocycles. The van der Waals surface area contributed by atoms with Crippen molar-refractivity contribution in [2.75, 3.05) is 19.0 Å². The molecule has 3 rings (SSSR count). The molecule has 5 atom stereocenters. The number of guanidine groups is 1. The number of aromatic nitrogens is 2. The highest BCUT2D eigenvalue weighted by atomic mass is 16.6. The number of aliphatic imine (C=N–C) groups is 1. The fourth-order valence-corrected chi connectivity index (χ4v) is 3.04. The van der Waals surface area contributed by atoms with E-state index in [1.165, 1.54) is 31.9 Å². The standard InChI is InChI=1S/C15H21N5O8/c1-6(21)26-4-8-10(27-7(2)22)9(23)13(28-8)20-5-17-11-12(20)18-14(16)19-15(11,24)25-3/h5,8-10,13,23-24H,4H2,1-3H3,(H3,16,18,19)/t8-,9-,10-,13-,15?/m1/s1. The molecule has 13 heteroatoms. The number of esters is 2. The molecular weight excluding hydrogens is 378 g/mol. The Balaban J connectivity index is 1.92. The van der Waals surface area contributed by atoms with Crippen molar-refractivity contribution in [2.24, 2.45) is 10.7 Å². The monoisotopic (exact) mass is 399 g/mol. The van der Waals surface area contributed by atoms with Gasteiger partial charge in [-0.3, -0.25) is 14.2 Å². The topological polar surface area (TPSA) is 180 Å². The van der Waals surface area contributed by atoms with E-state index in [1.807, 2.05) is 0 Å². The van der Waals surface area contributed by atoms with Crippen LogP contribution < -0.4 is 11.1 Å². The van der Waals surface area contributed by atoms with Crippen LogP contribution in [0.5, 0.6) is 0 Å². The van der Waals surface area contributed by atoms with Crippen LogP contribution in [0.2, 0.25) is 0 Å². The Hall–Kier alpha value is -2.74. The van der Waals surface area contributed by atoms with Crippen molar-refractivity contribution >= 4 is 23.7 Å². The molecule has 0 aliphatic carbocycles. The summed E-state index contributed by atoms with van der Waals surface area (Å²) in [6.45, 7) is 2.16. The summed E-state index contributed by atoms with van der Waals surface area (Å²) < 4.78 is 22.2. The van der Waals surface area contributed by atoms with Crippen molar-refractivity contribution in [2.45, 2.75) is 44.3 Å². The summed E-state index contributed by atoms with van der Waals surface area (Å²) in [4.78, 5) is 30.3. The summed E-state index contributed by atoms with van der Waals surface area (Å²) in [6, 6.07) is 0. The molecule has 154 valence electrons. The highest BCUT2D eigenvalue weighted by Crippen LogP contribution is 2.38. The molecule has 1 saturated heterocycles. The molecule has 0 aromatic carbocycles. The summed E-state index contributed by atoms with van der Waals surface area (Å²) in [5, 5.41) is 23.9. The van der Waals surface area contributed by atoms with Crippen LogP contribution in [0.25, 0.3) is 0 Å². The predicted octanol–water partition coefficient (Wildman–Crippen LogP) is -1.87. The quantitative estimate of drug-likeness (QED) is 0.321. The van der Waals surface area contributed by atoms with Gasteiger partial charge in [0.15, 0.2) is 24.0 Å². The normalized spacial score (nSPS) is 31.5. The number of imidazole rings is 1. The molecule has 0 radical (unpaired) electrons. The van der Waals surface area contributed by atoms with Crippen LogP contribution in [-0.2, 0) is 34.4 Å². The molecule has 13 nitrogen and oxygen atoms in total. The minimum atomic E-state index is -2.12. The Morgan fingerprint density at radius 3 is 2.75 bits per heavy atom. The first-order chi connectivity index (χ1) is 13.2. The SMILES string of the molecule is COC1(O)N=C(N)Nc2c1ncn2[C@@H]1O[C@H](COC(C)=O)[C@@H](OC(C)=O)[C@H]1O. The molecule has 5 N–H and O–H groups in total. The van der Waals surface area contributed by atoms with Gasteiger partial charge in [-0.15, -0.1) is 0 Å². The number of carbonyl (C=O) groups is 2. The maximum atomic E-state index is 11.4. The van der Waals surface area contributed by atoms with Gasteiger partial charge in [-0.25, -0.2) is 4.98 Å². The molecular formula is C15H21N5O8. The van der Waals surface area contributed by atoms with Gasteiger partial charge in [-0.2, -0.15) is 4.99 Å². The number of nitrogens with two attached hydrogens (primary N) is 1. The third kappa shape index (κ3) is 3.52. The van der Waals surface area contributed by atoms with E-state index in [2.05, 4.69) is 15.3 Å². The molecule has 1 aromatic rings. The van der Waals surface area contributed by atoms with Crippen LogP contribution in [0.1, 0.15) is 25.8 Å². The number of rotatable bonds is 5. The highest BCUT2D eigenvalue weighted by molar-refractivity contribution is 5.94. The second kappa shape index (κ2) is 7.35. The third-order valence-corrected chi connectivity index (χ3v) is 4.24. The second-order valence-electron chi connectivity index (χ2n) is 6.22. The Bertz CT molecular complexity index is 810. The fraction of sp³-hybridized carbons (Fsp3) is 0.600. The molecule has 1 fully saturated rings. The van der Waals surface area contributed by atoms with E-state index in [0.717, 1.165) is 0 Å². The number of carbonyl (C=O) groups excluding carboxylic acids is 2. The second-order valence-corrected chi connectivity index (χ2v) is 6.22. The van der Waals surface area contributed by atoms with Crippen molar-refractivity contribution in [1.29, 1.82) is 0 Å². The lowest BCUT2D eigenvalue weighted by atomic mass is 10.1. The number of anilines is 1. The van der Waals surface area contributed by atoms with Gasteiger partial charge >= 0.3 is 17.8 Å². The molecule has 2 aliphatic rings. The zero-order chi connectivity index (χ0) is 20.6. The van der Waals surface area contributed by atoms with E-state index in [-0.39, 0.29) is 24.1 Å². The average Bonchev–Trinajstić information content (AvgIpc) is 3.15. The molecule has 28 heavy (non-hydrogen) atoms. The van der Waals surface area contributed by atoms with Crippen molar-refractivity contribution in [3.05, 3.63) is 12.0 Å². The first-order valence-electron chi connectivity index (χ1n) is 8.27. The number of aliphatic hydroxyl groups is 2. The van der Waals surface area contributed by atoms with E-state index in [1.54, 1.807) is 0 Å². The van der Waals surface area contributed by atoms with Crippen molar-refractivity contribution in [3.8, 4) is 0 Å². The van der Waals surface area contributed by atoms with E-state index in [0.29, 0.717) is 0 Å². The van der Waals surface area contributed by atoms with Crippen LogP contribution in [0, 0.1) is 0 Å². The number of hydrogen-bond donors (Lipinski definition) is 4. The first-order valence-corrected chi connectivity index (χ1v) is 8.27. The number of fused-ring (bicyclic) bond motifs is 1. The zero-order valence-electron chi connectivity index (χ0n) is 15.4. The van der Waals surface area contributed by atoms with Crippen molar-refractivity contribution in [1.82, 2.24) is 9.55 Å². The average molecular weight is 399 g/mol. The van der Waals surface area contributed by atoms with E-state index >= 15 is 0 Å². The Labute approximate surface area is 159 Å². The smallest absolute Gasteiger partial charge is 0.319 e. The van der Waals surface area contributed by atoms with Gasteiger partial charge in [-0.1, -0.05) is 0 Å². The minimum Gasteiger partial charge on any atom is -0.463 e. The molecule has 2 aliphatic heterocycles. The third-order valence-electron chi connectivity index (χ3n) is 4.24. The zero-order valence-corrected chi connectivity index (χ0v) is 15.4. The lowest BCUT2D eigenvalue weighted by Crippen LogP contribution is -2.40. The highest BCUT2D eigenvalue weighted by Gasteiger charge is 2.49. The number of methoxy groups -OCH3 is 1. The summed E-state index contributed by atoms with van der Waals surface area (Å²) in [5.74, 6) is -3.31. The van der Waals surface area contributed by atoms with Gasteiger partial charge in [0.05, 0.1) is 6.33 Å². The Morgan fingerprint density at radius 1 is 1.43 bits per heavy atom. The summed E-state index contributed by atoms with van der Waals surface area (Å²) in [5.41, 5.74) is 5.68. The number of nitrogens with zero attached hydrogens (tertiary/aromatic N) is 3. The molecule has 0 amide bonds. The van der Waals surface area contributed by atoms with Crippen LogP contribution in [0.3, 0.4) is 0 Å². The lowest BCUT2D eigenvalue weighted by molar-refractivity contribution is -0.189. The van der Waals surface area contributed by atoms with Gasteiger partial charge in [0, 0.05) is 21.0 Å². The maximum Gasteiger partial charge on any atom is 0.319 e. The molecule has 1 unspecified atom stereocenters. The van der Waals surface area contributed by atoms with E-state index in [9.17, 15) is 19.8 Å². The van der Waals surface area contributed by atoms with Crippen molar-refractivity contribution in [3.63, 3.8) is 0 Å². The number of hydrogen-bond acceptors (Lipinski definition) is 12. The van der Waals surface area contributed by atoms with Gasteiger partial charge in [0.1, 0.15) is 24.6 Å². The predicted molar refractivity (Wildman–Crippen MR) is 90.5 cm³/mol. The van der Waals surface area contributed by atoms with E-state index < -0.39 is 42.4 Å². The first kappa shape index (κ1) is 20.0. The van der Waals surface area contributed by atoms with Gasteiger partial charge in [-0.05, 0) is 0 Å². The van der Waals surface area contributed by atoms with Gasteiger partial charge in [0.25, 0.3) is 0 Å². The molecule has 0 spiro atoms. The lowest BCUT2D eigenvalue weighted by Gasteiger charge is -2.28. The van der Waals surface area contributed by atoms with Gasteiger partial charge in [0.2, 0.25) is 0 Å². The maximum absolute atomic E-state index is 11.4. The number of aliphatic hydroxyl groups excluding tert-OH is 1.